The van der Waals surface area contributed by atoms with Gasteiger partial charge in [-0.1, -0.05) is 36.4 Å². The van der Waals surface area contributed by atoms with Crippen LogP contribution in [0.1, 0.15) is 0 Å². The van der Waals surface area contributed by atoms with E-state index in [1.807, 2.05) is 60.7 Å². The third-order valence-corrected chi connectivity index (χ3v) is 2.46. The monoisotopic (exact) mass is 241 g/mol. The molecule has 2 rings (SSSR count). The summed E-state index contributed by atoms with van der Waals surface area (Å²) < 4.78 is 0. The van der Waals surface area contributed by atoms with Gasteiger partial charge >= 0.3 is 6.03 Å². The zero-order chi connectivity index (χ0) is 12.8. The molecule has 0 saturated heterocycles. The average Bonchev–Trinajstić information content (AvgIpc) is 2.42. The number of urea groups is 1. The first-order valence-electron chi connectivity index (χ1n) is 5.70. The third kappa shape index (κ3) is 2.67. The summed E-state index contributed by atoms with van der Waals surface area (Å²) in [6.07, 6.45) is 0. The van der Waals surface area contributed by atoms with Crippen LogP contribution in [0.5, 0.6) is 0 Å². The summed E-state index contributed by atoms with van der Waals surface area (Å²) >= 11 is 0. The fourth-order valence-corrected chi connectivity index (χ4v) is 1.70. The molecular weight excluding hydrogens is 226 g/mol. The van der Waals surface area contributed by atoms with Crippen molar-refractivity contribution in [2.75, 3.05) is 11.9 Å². The minimum atomic E-state index is -0.227. The van der Waals surface area contributed by atoms with Crippen molar-refractivity contribution in [1.29, 1.82) is 0 Å². The number of hydrazine groups is 1. The van der Waals surface area contributed by atoms with Crippen molar-refractivity contribution in [2.24, 2.45) is 0 Å². The van der Waals surface area contributed by atoms with E-state index in [2.05, 4.69) is 10.9 Å². The van der Waals surface area contributed by atoms with E-state index in [4.69, 9.17) is 0 Å². The number of amides is 2. The molecule has 0 aliphatic heterocycles. The van der Waals surface area contributed by atoms with Crippen molar-refractivity contribution in [3.63, 3.8) is 0 Å². The van der Waals surface area contributed by atoms with Gasteiger partial charge in [-0.3, -0.25) is 10.3 Å². The van der Waals surface area contributed by atoms with Crippen LogP contribution in [0.2, 0.25) is 0 Å². The lowest BCUT2D eigenvalue weighted by atomic mass is 10.2. The van der Waals surface area contributed by atoms with E-state index < -0.39 is 0 Å². The second kappa shape index (κ2) is 5.84. The molecule has 0 heterocycles. The Hall–Kier alpha value is -2.33. The lowest BCUT2D eigenvalue weighted by Gasteiger charge is -2.22. The largest absolute Gasteiger partial charge is 0.340 e. The number of para-hydroxylation sites is 2. The van der Waals surface area contributed by atoms with Crippen LogP contribution in [-0.4, -0.2) is 13.1 Å². The molecule has 2 aromatic rings. The zero-order valence-corrected chi connectivity index (χ0v) is 10.1. The van der Waals surface area contributed by atoms with E-state index in [1.54, 1.807) is 11.9 Å². The van der Waals surface area contributed by atoms with Crippen molar-refractivity contribution in [2.45, 2.75) is 0 Å². The lowest BCUT2D eigenvalue weighted by Crippen LogP contribution is -2.43. The SMILES string of the molecule is CNNC(=O)N(c1ccccc1)c1ccccc1. The summed E-state index contributed by atoms with van der Waals surface area (Å²) in [6, 6.07) is 18.8. The molecule has 0 aromatic heterocycles. The van der Waals surface area contributed by atoms with Crippen molar-refractivity contribution < 1.29 is 4.79 Å². The molecule has 0 spiro atoms. The van der Waals surface area contributed by atoms with E-state index in [9.17, 15) is 4.79 Å². The van der Waals surface area contributed by atoms with Gasteiger partial charge < -0.3 is 0 Å². The van der Waals surface area contributed by atoms with Crippen LogP contribution in [0.4, 0.5) is 16.2 Å². The number of anilines is 2. The summed E-state index contributed by atoms with van der Waals surface area (Å²) in [7, 11) is 1.66. The molecule has 2 amide bonds. The van der Waals surface area contributed by atoms with Gasteiger partial charge in [-0.05, 0) is 24.3 Å². The Morgan fingerprint density at radius 1 is 0.889 bits per heavy atom. The zero-order valence-electron chi connectivity index (χ0n) is 10.1. The van der Waals surface area contributed by atoms with Gasteiger partial charge in [0.25, 0.3) is 0 Å². The van der Waals surface area contributed by atoms with Gasteiger partial charge in [-0.25, -0.2) is 10.2 Å². The van der Waals surface area contributed by atoms with Gasteiger partial charge in [0.15, 0.2) is 0 Å². The molecule has 0 atom stereocenters. The fraction of sp³-hybridized carbons (Fsp3) is 0.0714. The van der Waals surface area contributed by atoms with Crippen molar-refractivity contribution in [3.8, 4) is 0 Å². The lowest BCUT2D eigenvalue weighted by molar-refractivity contribution is 0.245. The minimum Gasteiger partial charge on any atom is -0.273 e. The second-order valence-electron chi connectivity index (χ2n) is 3.69. The standard InChI is InChI=1S/C14H15N3O/c1-15-16-14(18)17(12-8-4-2-5-9-12)13-10-6-3-7-11-13/h2-11,15H,1H3,(H,16,18). The summed E-state index contributed by atoms with van der Waals surface area (Å²) in [6.45, 7) is 0. The Kier molecular flexibility index (Phi) is 3.94. The number of carbonyl (C=O) groups excluding carboxylic acids is 1. The predicted molar refractivity (Wildman–Crippen MR) is 72.6 cm³/mol. The average molecular weight is 241 g/mol. The number of hydrogen-bond acceptors (Lipinski definition) is 2. The van der Waals surface area contributed by atoms with E-state index in [1.165, 1.54) is 0 Å². The Morgan fingerprint density at radius 3 is 1.72 bits per heavy atom. The molecule has 0 saturated carbocycles. The number of rotatable bonds is 3. The molecule has 4 heteroatoms. The molecule has 2 aromatic carbocycles. The van der Waals surface area contributed by atoms with E-state index >= 15 is 0 Å². The molecule has 0 unspecified atom stereocenters. The topological polar surface area (TPSA) is 44.4 Å². The van der Waals surface area contributed by atoms with Crippen molar-refractivity contribution in [1.82, 2.24) is 10.9 Å². The molecule has 0 aliphatic carbocycles. The third-order valence-electron chi connectivity index (χ3n) is 2.46. The van der Waals surface area contributed by atoms with Crippen LogP contribution in [0, 0.1) is 0 Å². The van der Waals surface area contributed by atoms with Crippen molar-refractivity contribution in [3.05, 3.63) is 60.7 Å². The second-order valence-corrected chi connectivity index (χ2v) is 3.69. The van der Waals surface area contributed by atoms with Gasteiger partial charge in [0.05, 0.1) is 11.4 Å². The summed E-state index contributed by atoms with van der Waals surface area (Å²) in [4.78, 5) is 13.7. The molecule has 0 fully saturated rings. The van der Waals surface area contributed by atoms with E-state index in [0.29, 0.717) is 0 Å². The summed E-state index contributed by atoms with van der Waals surface area (Å²) in [5.74, 6) is 0. The molecule has 18 heavy (non-hydrogen) atoms. The molecule has 4 nitrogen and oxygen atoms in total. The van der Waals surface area contributed by atoms with Crippen molar-refractivity contribution >= 4 is 17.4 Å². The summed E-state index contributed by atoms with van der Waals surface area (Å²) in [5.41, 5.74) is 6.86. The molecule has 0 radical (unpaired) electrons. The minimum absolute atomic E-state index is 0.227. The maximum absolute atomic E-state index is 12.1. The molecular formula is C14H15N3O. The Labute approximate surface area is 106 Å². The maximum atomic E-state index is 12.1. The Morgan fingerprint density at radius 2 is 1.33 bits per heavy atom. The van der Waals surface area contributed by atoms with E-state index in [-0.39, 0.29) is 6.03 Å². The molecule has 0 aliphatic rings. The predicted octanol–water partition coefficient (Wildman–Crippen LogP) is 2.67. The quantitative estimate of drug-likeness (QED) is 0.811. The highest BCUT2D eigenvalue weighted by Gasteiger charge is 2.16. The van der Waals surface area contributed by atoms with Crippen LogP contribution >= 0.6 is 0 Å². The van der Waals surface area contributed by atoms with Gasteiger partial charge in [0.2, 0.25) is 0 Å². The molecule has 92 valence electrons. The number of benzene rings is 2. The highest BCUT2D eigenvalue weighted by atomic mass is 16.2. The first kappa shape index (κ1) is 12.1. The fourth-order valence-electron chi connectivity index (χ4n) is 1.70. The summed E-state index contributed by atoms with van der Waals surface area (Å²) in [5, 5.41) is 0. The number of nitrogens with one attached hydrogen (secondary N) is 2. The van der Waals surface area contributed by atoms with Gasteiger partial charge in [0, 0.05) is 7.05 Å². The highest BCUT2D eigenvalue weighted by Crippen LogP contribution is 2.24. The number of nitrogens with zero attached hydrogens (tertiary/aromatic N) is 1. The molecule has 0 bridgehead atoms. The van der Waals surface area contributed by atoms with Gasteiger partial charge in [-0.2, -0.15) is 0 Å². The smallest absolute Gasteiger partial charge is 0.273 e. The van der Waals surface area contributed by atoms with Gasteiger partial charge in [-0.15, -0.1) is 0 Å². The molecule has 2 N–H and O–H groups in total. The van der Waals surface area contributed by atoms with Crippen LogP contribution in [0.15, 0.2) is 60.7 Å². The van der Waals surface area contributed by atoms with E-state index in [0.717, 1.165) is 11.4 Å². The maximum Gasteiger partial charge on any atom is 0.340 e. The van der Waals surface area contributed by atoms with Crippen LogP contribution in [0.3, 0.4) is 0 Å². The Bertz CT molecular complexity index is 459. The first-order chi connectivity index (χ1) is 8.83. The number of hydrogen-bond donors (Lipinski definition) is 2. The van der Waals surface area contributed by atoms with Crippen LogP contribution in [-0.2, 0) is 0 Å². The highest BCUT2D eigenvalue weighted by molar-refractivity contribution is 5.99. The number of carbonyl (C=O) groups is 1. The van der Waals surface area contributed by atoms with Crippen LogP contribution < -0.4 is 15.8 Å². The van der Waals surface area contributed by atoms with Gasteiger partial charge in [0.1, 0.15) is 0 Å². The first-order valence-corrected chi connectivity index (χ1v) is 5.70. The Balaban J connectivity index is 2.38. The normalized spacial score (nSPS) is 9.83. The van der Waals surface area contributed by atoms with Crippen LogP contribution in [0.25, 0.3) is 0 Å².